The Bertz CT molecular complexity index is 903. The van der Waals surface area contributed by atoms with Crippen LogP contribution in [0.1, 0.15) is 38.3 Å². The average Bonchev–Trinajstić information content (AvgIpc) is 2.69. The number of amides is 2. The van der Waals surface area contributed by atoms with Gasteiger partial charge in [0.1, 0.15) is 11.9 Å². The number of rotatable bonds is 8. The molecule has 4 nitrogen and oxygen atoms in total. The number of carbonyl (C=O) groups is 2. The highest BCUT2D eigenvalue weighted by molar-refractivity contribution is 6.35. The zero-order valence-electron chi connectivity index (χ0n) is 17.0. The van der Waals surface area contributed by atoms with Crippen molar-refractivity contribution >= 4 is 46.6 Å². The van der Waals surface area contributed by atoms with E-state index in [0.717, 1.165) is 6.42 Å². The lowest BCUT2D eigenvalue weighted by molar-refractivity contribution is -0.140. The second kappa shape index (κ2) is 11.0. The maximum atomic E-state index is 14.2. The van der Waals surface area contributed by atoms with Crippen LogP contribution in [0.4, 0.5) is 4.39 Å². The molecule has 0 unspecified atom stereocenters. The molecule has 0 spiro atoms. The maximum Gasteiger partial charge on any atom is 0.242 e. The van der Waals surface area contributed by atoms with Crippen LogP contribution in [0.25, 0.3) is 0 Å². The first-order valence-electron chi connectivity index (χ1n) is 9.60. The summed E-state index contributed by atoms with van der Waals surface area (Å²) in [5, 5.41) is 3.87. The lowest BCUT2D eigenvalue weighted by Crippen LogP contribution is -2.50. The number of benzene rings is 2. The van der Waals surface area contributed by atoms with Gasteiger partial charge < -0.3 is 10.2 Å². The molecule has 2 aromatic carbocycles. The lowest BCUT2D eigenvalue weighted by Gasteiger charge is -2.30. The highest BCUT2D eigenvalue weighted by atomic mass is 35.5. The van der Waals surface area contributed by atoms with Gasteiger partial charge in [0.2, 0.25) is 11.8 Å². The third-order valence-corrected chi connectivity index (χ3v) is 5.85. The Kier molecular flexibility index (Phi) is 8.95. The summed E-state index contributed by atoms with van der Waals surface area (Å²) >= 11 is 18.3. The molecule has 0 saturated carbocycles. The summed E-state index contributed by atoms with van der Waals surface area (Å²) < 4.78 is 14.2. The molecule has 1 N–H and O–H groups in total. The van der Waals surface area contributed by atoms with Gasteiger partial charge in [-0.25, -0.2) is 4.39 Å². The van der Waals surface area contributed by atoms with Crippen molar-refractivity contribution in [1.29, 1.82) is 0 Å². The number of carbonyl (C=O) groups excluding carboxylic acids is 2. The molecule has 0 radical (unpaired) electrons. The van der Waals surface area contributed by atoms with Gasteiger partial charge in [-0.2, -0.15) is 0 Å². The van der Waals surface area contributed by atoms with E-state index in [1.165, 1.54) is 23.1 Å². The predicted octanol–water partition coefficient (Wildman–Crippen LogP) is 5.66. The zero-order valence-corrected chi connectivity index (χ0v) is 19.3. The molecule has 0 bridgehead atoms. The third-order valence-electron chi connectivity index (χ3n) is 4.91. The Hall–Kier alpha value is -1.82. The normalized spacial score (nSPS) is 12.9. The summed E-state index contributed by atoms with van der Waals surface area (Å²) in [5.74, 6) is -1.32. The SMILES string of the molecule is CC[C@H](C)NC(=O)[C@@H](C)N(Cc1ccc(Cl)cc1Cl)C(=O)Cc1c(F)cccc1Cl. The first-order chi connectivity index (χ1) is 14.1. The minimum atomic E-state index is -0.802. The molecule has 8 heteroatoms. The van der Waals surface area contributed by atoms with E-state index >= 15 is 0 Å². The van der Waals surface area contributed by atoms with E-state index in [1.807, 2.05) is 13.8 Å². The predicted molar refractivity (Wildman–Crippen MR) is 119 cm³/mol. The van der Waals surface area contributed by atoms with Gasteiger partial charge in [0.15, 0.2) is 0 Å². The fourth-order valence-corrected chi connectivity index (χ4v) is 3.53. The Morgan fingerprint density at radius 3 is 2.40 bits per heavy atom. The summed E-state index contributed by atoms with van der Waals surface area (Å²) in [4.78, 5) is 27.2. The van der Waals surface area contributed by atoms with E-state index in [0.29, 0.717) is 15.6 Å². The Morgan fingerprint density at radius 1 is 1.10 bits per heavy atom. The third kappa shape index (κ3) is 6.34. The van der Waals surface area contributed by atoms with Crippen LogP contribution in [0.15, 0.2) is 36.4 Å². The molecule has 2 aromatic rings. The summed E-state index contributed by atoms with van der Waals surface area (Å²) in [7, 11) is 0. The van der Waals surface area contributed by atoms with Crippen LogP contribution < -0.4 is 5.32 Å². The van der Waals surface area contributed by atoms with Crippen molar-refractivity contribution in [3.63, 3.8) is 0 Å². The van der Waals surface area contributed by atoms with Gasteiger partial charge in [-0.3, -0.25) is 9.59 Å². The van der Waals surface area contributed by atoms with Crippen LogP contribution in [0.5, 0.6) is 0 Å². The fraction of sp³-hybridized carbons (Fsp3) is 0.364. The molecule has 0 aromatic heterocycles. The Labute approximate surface area is 191 Å². The van der Waals surface area contributed by atoms with E-state index in [1.54, 1.807) is 25.1 Å². The highest BCUT2D eigenvalue weighted by Crippen LogP contribution is 2.25. The lowest BCUT2D eigenvalue weighted by atomic mass is 10.1. The van der Waals surface area contributed by atoms with Crippen LogP contribution in [0.3, 0.4) is 0 Å². The van der Waals surface area contributed by atoms with Crippen LogP contribution in [0, 0.1) is 5.82 Å². The van der Waals surface area contributed by atoms with Gasteiger partial charge in [0, 0.05) is 33.2 Å². The van der Waals surface area contributed by atoms with E-state index < -0.39 is 17.8 Å². The summed E-state index contributed by atoms with van der Waals surface area (Å²) in [6, 6.07) is 8.31. The minimum Gasteiger partial charge on any atom is -0.352 e. The molecule has 2 rings (SSSR count). The van der Waals surface area contributed by atoms with Crippen LogP contribution >= 0.6 is 34.8 Å². The smallest absolute Gasteiger partial charge is 0.242 e. The van der Waals surface area contributed by atoms with E-state index in [9.17, 15) is 14.0 Å². The molecule has 0 heterocycles. The molecule has 2 amide bonds. The second-order valence-corrected chi connectivity index (χ2v) is 8.38. The molecular formula is C22H24Cl3FN2O2. The van der Waals surface area contributed by atoms with Crippen molar-refractivity contribution in [2.24, 2.45) is 0 Å². The van der Waals surface area contributed by atoms with Crippen molar-refractivity contribution in [3.8, 4) is 0 Å². The van der Waals surface area contributed by atoms with Crippen molar-refractivity contribution in [1.82, 2.24) is 10.2 Å². The van der Waals surface area contributed by atoms with Crippen LogP contribution in [0.2, 0.25) is 15.1 Å². The molecule has 0 aliphatic heterocycles. The van der Waals surface area contributed by atoms with Crippen molar-refractivity contribution in [3.05, 3.63) is 68.4 Å². The Balaban J connectivity index is 2.34. The maximum absolute atomic E-state index is 14.2. The first kappa shape index (κ1) is 24.4. The first-order valence-corrected chi connectivity index (χ1v) is 10.7. The minimum absolute atomic E-state index is 0.0444. The number of nitrogens with one attached hydrogen (secondary N) is 1. The summed E-state index contributed by atoms with van der Waals surface area (Å²) in [6.45, 7) is 5.52. The summed E-state index contributed by atoms with van der Waals surface area (Å²) in [6.07, 6.45) is 0.470. The summed E-state index contributed by atoms with van der Waals surface area (Å²) in [5.41, 5.74) is 0.711. The van der Waals surface area contributed by atoms with E-state index in [4.69, 9.17) is 34.8 Å². The average molecular weight is 474 g/mol. The molecule has 162 valence electrons. The topological polar surface area (TPSA) is 49.4 Å². The molecule has 2 atom stereocenters. The fourth-order valence-electron chi connectivity index (χ4n) is 2.84. The monoisotopic (exact) mass is 472 g/mol. The Morgan fingerprint density at radius 2 is 1.80 bits per heavy atom. The van der Waals surface area contributed by atoms with Gasteiger partial charge in [-0.1, -0.05) is 53.9 Å². The second-order valence-electron chi connectivity index (χ2n) is 7.13. The molecule has 0 saturated heterocycles. The number of nitrogens with zero attached hydrogens (tertiary/aromatic N) is 1. The van der Waals surface area contributed by atoms with Crippen molar-refractivity contribution in [2.75, 3.05) is 0 Å². The van der Waals surface area contributed by atoms with Gasteiger partial charge in [-0.15, -0.1) is 0 Å². The van der Waals surface area contributed by atoms with Crippen LogP contribution in [-0.4, -0.2) is 28.8 Å². The van der Waals surface area contributed by atoms with Gasteiger partial charge in [-0.05, 0) is 50.1 Å². The van der Waals surface area contributed by atoms with Gasteiger partial charge in [0.05, 0.1) is 6.42 Å². The van der Waals surface area contributed by atoms with Crippen molar-refractivity contribution < 1.29 is 14.0 Å². The standard InChI is InChI=1S/C22H24Cl3FN2O2/c1-4-13(2)27-22(30)14(3)28(12-15-8-9-16(23)10-19(15)25)21(29)11-17-18(24)6-5-7-20(17)26/h5-10,13-14H,4,11-12H2,1-3H3,(H,27,30)/t13-,14+/m0/s1. The van der Waals surface area contributed by atoms with Crippen LogP contribution in [-0.2, 0) is 22.6 Å². The molecule has 30 heavy (non-hydrogen) atoms. The number of hydrogen-bond donors (Lipinski definition) is 1. The molecule has 0 fully saturated rings. The van der Waals surface area contributed by atoms with E-state index in [-0.39, 0.29) is 35.5 Å². The van der Waals surface area contributed by atoms with E-state index in [2.05, 4.69) is 5.32 Å². The quantitative estimate of drug-likeness (QED) is 0.538. The van der Waals surface area contributed by atoms with Gasteiger partial charge >= 0.3 is 0 Å². The zero-order chi connectivity index (χ0) is 22.4. The molecule has 0 aliphatic carbocycles. The van der Waals surface area contributed by atoms with Gasteiger partial charge in [0.25, 0.3) is 0 Å². The van der Waals surface area contributed by atoms with Crippen molar-refractivity contribution in [2.45, 2.75) is 52.2 Å². The number of halogens is 4. The molecule has 0 aliphatic rings. The largest absolute Gasteiger partial charge is 0.352 e. The highest BCUT2D eigenvalue weighted by Gasteiger charge is 2.28. The number of hydrogen-bond acceptors (Lipinski definition) is 2. The molecular weight excluding hydrogens is 450 g/mol.